The Morgan fingerprint density at radius 3 is 2.59 bits per heavy atom. The molecule has 0 saturated heterocycles. The third-order valence-corrected chi connectivity index (χ3v) is 5.13. The predicted molar refractivity (Wildman–Crippen MR) is 116 cm³/mol. The average molecular weight is 402 g/mol. The highest BCUT2D eigenvalue weighted by Gasteiger charge is 2.13. The zero-order chi connectivity index (χ0) is 18.9. The third kappa shape index (κ3) is 6.52. The molecule has 0 aliphatic heterocycles. The number of hydrazone groups is 1. The van der Waals surface area contributed by atoms with Crippen molar-refractivity contribution in [3.8, 4) is 5.75 Å². The van der Waals surface area contributed by atoms with Gasteiger partial charge in [-0.05, 0) is 61.0 Å². The summed E-state index contributed by atoms with van der Waals surface area (Å²) < 4.78 is 5.78. The number of hydrogen-bond donors (Lipinski definition) is 2. The summed E-state index contributed by atoms with van der Waals surface area (Å²) in [6, 6.07) is 15.9. The SMILES string of the molecule is S=C(N/N=C/c1ccc(OCc2ccccc2Cl)cc1)NC1CCCCC1. The Bertz CT molecular complexity index is 773. The molecule has 2 aromatic rings. The van der Waals surface area contributed by atoms with E-state index in [2.05, 4.69) is 15.8 Å². The first-order valence-corrected chi connectivity index (χ1v) is 10.1. The van der Waals surface area contributed by atoms with Crippen molar-refractivity contribution >= 4 is 35.1 Å². The number of nitrogens with zero attached hydrogens (tertiary/aromatic N) is 1. The summed E-state index contributed by atoms with van der Waals surface area (Å²) >= 11 is 11.4. The number of thiocarbonyl (C=S) groups is 1. The minimum atomic E-state index is 0.440. The topological polar surface area (TPSA) is 45.7 Å². The van der Waals surface area contributed by atoms with Crippen LogP contribution in [0.3, 0.4) is 0 Å². The molecule has 1 saturated carbocycles. The molecule has 0 radical (unpaired) electrons. The summed E-state index contributed by atoms with van der Waals surface area (Å²) in [5.74, 6) is 0.787. The Balaban J connectivity index is 1.43. The van der Waals surface area contributed by atoms with Gasteiger partial charge in [0.2, 0.25) is 0 Å². The predicted octanol–water partition coefficient (Wildman–Crippen LogP) is 5.05. The largest absolute Gasteiger partial charge is 0.489 e. The van der Waals surface area contributed by atoms with Crippen LogP contribution < -0.4 is 15.5 Å². The summed E-state index contributed by atoms with van der Waals surface area (Å²) in [7, 11) is 0. The Hall–Kier alpha value is -2.11. The number of nitrogens with one attached hydrogen (secondary N) is 2. The first-order chi connectivity index (χ1) is 13.2. The standard InChI is InChI=1S/C21H24ClN3OS/c22-20-9-5-4-6-17(20)15-26-19-12-10-16(11-13-19)14-23-25-21(27)24-18-7-2-1-3-8-18/h4-6,9-14,18H,1-3,7-8,15H2,(H2,24,25,27)/b23-14+. The van der Waals surface area contributed by atoms with Gasteiger partial charge in [-0.1, -0.05) is 49.1 Å². The molecule has 0 atom stereocenters. The van der Waals surface area contributed by atoms with E-state index in [4.69, 9.17) is 28.6 Å². The van der Waals surface area contributed by atoms with Gasteiger partial charge in [0.15, 0.2) is 5.11 Å². The molecule has 2 aromatic carbocycles. The highest BCUT2D eigenvalue weighted by molar-refractivity contribution is 7.80. The summed E-state index contributed by atoms with van der Waals surface area (Å²) in [6.07, 6.45) is 7.98. The van der Waals surface area contributed by atoms with E-state index in [0.717, 1.165) is 16.9 Å². The summed E-state index contributed by atoms with van der Waals surface area (Å²) in [5.41, 5.74) is 4.82. The maximum Gasteiger partial charge on any atom is 0.187 e. The van der Waals surface area contributed by atoms with Crippen LogP contribution in [0.25, 0.3) is 0 Å². The zero-order valence-electron chi connectivity index (χ0n) is 15.2. The minimum Gasteiger partial charge on any atom is -0.489 e. The maximum atomic E-state index is 6.14. The fourth-order valence-electron chi connectivity index (χ4n) is 3.06. The molecule has 6 heteroatoms. The van der Waals surface area contributed by atoms with E-state index in [1.165, 1.54) is 32.1 Å². The van der Waals surface area contributed by atoms with Crippen LogP contribution >= 0.6 is 23.8 Å². The van der Waals surface area contributed by atoms with E-state index in [1.54, 1.807) is 6.21 Å². The van der Waals surface area contributed by atoms with E-state index in [1.807, 2.05) is 48.5 Å². The van der Waals surface area contributed by atoms with Crippen LogP contribution in [0.5, 0.6) is 5.75 Å². The van der Waals surface area contributed by atoms with Crippen LogP contribution in [0.15, 0.2) is 53.6 Å². The average Bonchev–Trinajstić information content (AvgIpc) is 2.69. The van der Waals surface area contributed by atoms with Crippen molar-refractivity contribution in [2.75, 3.05) is 0 Å². The molecular weight excluding hydrogens is 378 g/mol. The van der Waals surface area contributed by atoms with Gasteiger partial charge in [-0.2, -0.15) is 5.10 Å². The highest BCUT2D eigenvalue weighted by atomic mass is 35.5. The molecular formula is C21H24ClN3OS. The second-order valence-corrected chi connectivity index (χ2v) is 7.44. The Labute approximate surface area is 171 Å². The molecule has 0 spiro atoms. The van der Waals surface area contributed by atoms with Gasteiger partial charge in [0, 0.05) is 16.6 Å². The monoisotopic (exact) mass is 401 g/mol. The molecule has 0 bridgehead atoms. The van der Waals surface area contributed by atoms with Crippen molar-refractivity contribution in [3.63, 3.8) is 0 Å². The minimum absolute atomic E-state index is 0.440. The molecule has 0 unspecified atom stereocenters. The second kappa shape index (κ2) is 10.3. The van der Waals surface area contributed by atoms with Gasteiger partial charge >= 0.3 is 0 Å². The molecule has 2 N–H and O–H groups in total. The number of ether oxygens (including phenoxy) is 1. The Morgan fingerprint density at radius 1 is 1.11 bits per heavy atom. The van der Waals surface area contributed by atoms with Crippen LogP contribution in [0.4, 0.5) is 0 Å². The van der Waals surface area contributed by atoms with E-state index in [0.29, 0.717) is 22.8 Å². The molecule has 1 aliphatic rings. The van der Waals surface area contributed by atoms with Crippen molar-refractivity contribution in [3.05, 3.63) is 64.7 Å². The number of benzene rings is 2. The van der Waals surface area contributed by atoms with Gasteiger partial charge in [-0.15, -0.1) is 0 Å². The van der Waals surface area contributed by atoms with Gasteiger partial charge < -0.3 is 10.1 Å². The Morgan fingerprint density at radius 2 is 1.85 bits per heavy atom. The first-order valence-electron chi connectivity index (χ1n) is 9.26. The lowest BCUT2D eigenvalue weighted by molar-refractivity contribution is 0.306. The lowest BCUT2D eigenvalue weighted by Crippen LogP contribution is -2.40. The molecule has 0 heterocycles. The lowest BCUT2D eigenvalue weighted by atomic mass is 9.96. The van der Waals surface area contributed by atoms with Crippen molar-refractivity contribution in [2.24, 2.45) is 5.10 Å². The van der Waals surface area contributed by atoms with Gasteiger partial charge in [0.05, 0.1) is 6.21 Å². The second-order valence-electron chi connectivity index (χ2n) is 6.63. The summed E-state index contributed by atoms with van der Waals surface area (Å²) in [5, 5.41) is 8.83. The van der Waals surface area contributed by atoms with Gasteiger partial charge in [-0.25, -0.2) is 0 Å². The Kier molecular flexibility index (Phi) is 7.48. The molecule has 27 heavy (non-hydrogen) atoms. The summed E-state index contributed by atoms with van der Waals surface area (Å²) in [6.45, 7) is 0.440. The van der Waals surface area contributed by atoms with Gasteiger partial charge in [0.1, 0.15) is 12.4 Å². The number of rotatable bonds is 6. The van der Waals surface area contributed by atoms with Crippen molar-refractivity contribution in [1.82, 2.24) is 10.7 Å². The van der Waals surface area contributed by atoms with Crippen LogP contribution in [0.2, 0.25) is 5.02 Å². The van der Waals surface area contributed by atoms with Crippen LogP contribution in [0, 0.1) is 0 Å². The van der Waals surface area contributed by atoms with E-state index >= 15 is 0 Å². The lowest BCUT2D eigenvalue weighted by Gasteiger charge is -2.23. The highest BCUT2D eigenvalue weighted by Crippen LogP contribution is 2.19. The molecule has 0 amide bonds. The number of halogens is 1. The van der Waals surface area contributed by atoms with Crippen molar-refractivity contribution < 1.29 is 4.74 Å². The number of hydrogen-bond acceptors (Lipinski definition) is 3. The molecule has 142 valence electrons. The van der Waals surface area contributed by atoms with Crippen LogP contribution in [-0.2, 0) is 6.61 Å². The fraction of sp³-hybridized carbons (Fsp3) is 0.333. The van der Waals surface area contributed by atoms with E-state index in [-0.39, 0.29) is 0 Å². The summed E-state index contributed by atoms with van der Waals surface area (Å²) in [4.78, 5) is 0. The smallest absolute Gasteiger partial charge is 0.187 e. The van der Waals surface area contributed by atoms with Gasteiger partial charge in [0.25, 0.3) is 0 Å². The molecule has 1 aliphatic carbocycles. The molecule has 3 rings (SSSR count). The van der Waals surface area contributed by atoms with Crippen LogP contribution in [-0.4, -0.2) is 17.4 Å². The quantitative estimate of drug-likeness (QED) is 0.404. The normalized spacial score (nSPS) is 14.9. The van der Waals surface area contributed by atoms with E-state index < -0.39 is 0 Å². The molecule has 1 fully saturated rings. The van der Waals surface area contributed by atoms with Crippen molar-refractivity contribution in [2.45, 2.75) is 44.8 Å². The van der Waals surface area contributed by atoms with Gasteiger partial charge in [-0.3, -0.25) is 5.43 Å². The zero-order valence-corrected chi connectivity index (χ0v) is 16.7. The molecule has 4 nitrogen and oxygen atoms in total. The maximum absolute atomic E-state index is 6.14. The first kappa shape index (κ1) is 19.6. The third-order valence-electron chi connectivity index (χ3n) is 4.55. The van der Waals surface area contributed by atoms with Crippen molar-refractivity contribution in [1.29, 1.82) is 0 Å². The van der Waals surface area contributed by atoms with Crippen LogP contribution in [0.1, 0.15) is 43.2 Å². The van der Waals surface area contributed by atoms with E-state index in [9.17, 15) is 0 Å². The molecule has 0 aromatic heterocycles. The fourth-order valence-corrected chi connectivity index (χ4v) is 3.47.